The normalized spacial score (nSPS) is 24.4. The predicted octanol–water partition coefficient (Wildman–Crippen LogP) is 0.387. The lowest BCUT2D eigenvalue weighted by Crippen LogP contribution is -2.45. The quantitative estimate of drug-likeness (QED) is 0.549. The van der Waals surface area contributed by atoms with Crippen LogP contribution in [-0.2, 0) is 4.79 Å². The topological polar surface area (TPSA) is 40.4 Å². The lowest BCUT2D eigenvalue weighted by Gasteiger charge is -2.08. The number of halogens is 3. The summed E-state index contributed by atoms with van der Waals surface area (Å²) in [6.45, 7) is -1.24. The minimum atomic E-state index is -1.76. The van der Waals surface area contributed by atoms with E-state index in [1.165, 1.54) is 0 Å². The Bertz CT molecular complexity index is 265. The summed E-state index contributed by atoms with van der Waals surface area (Å²) >= 11 is 0. The van der Waals surface area contributed by atoms with E-state index >= 15 is 0 Å². The van der Waals surface area contributed by atoms with Crippen LogP contribution >= 0.6 is 0 Å². The van der Waals surface area contributed by atoms with Gasteiger partial charge in [-0.2, -0.15) is 4.79 Å². The Morgan fingerprint density at radius 1 is 1.58 bits per heavy atom. The molecule has 1 rings (SSSR count). The minimum absolute atomic E-state index is 0.390. The fraction of sp³-hybridized carbons (Fsp3) is 0.400. The largest absolute Gasteiger partial charge is 0.573 e. The molecule has 4 nitrogen and oxygen atoms in total. The van der Waals surface area contributed by atoms with Crippen molar-refractivity contribution in [2.75, 3.05) is 6.67 Å². The van der Waals surface area contributed by atoms with Crippen molar-refractivity contribution < 1.29 is 27.7 Å². The van der Waals surface area contributed by atoms with Gasteiger partial charge in [0.2, 0.25) is 0 Å². The fourth-order valence-electron chi connectivity index (χ4n) is 0.715. The second-order valence-electron chi connectivity index (χ2n) is 2.12. The van der Waals surface area contributed by atoms with Crippen LogP contribution in [0.5, 0.6) is 0 Å². The molecule has 1 unspecified atom stereocenters. The highest BCUT2D eigenvalue weighted by Crippen LogP contribution is 2.10. The first-order valence-electron chi connectivity index (χ1n) is 2.97. The molecule has 0 saturated heterocycles. The molecule has 0 spiro atoms. The Morgan fingerprint density at radius 3 is 2.67 bits per heavy atom. The zero-order chi connectivity index (χ0) is 9.30. The van der Waals surface area contributed by atoms with Gasteiger partial charge in [-0.15, -0.1) is 0 Å². The van der Waals surface area contributed by atoms with Crippen molar-refractivity contribution in [2.45, 2.75) is 0 Å². The lowest BCUT2D eigenvalue weighted by molar-refractivity contribution is -0.632. The van der Waals surface area contributed by atoms with Gasteiger partial charge in [0.25, 0.3) is 0 Å². The van der Waals surface area contributed by atoms with Crippen molar-refractivity contribution in [3.05, 3.63) is 0 Å². The van der Waals surface area contributed by atoms with E-state index in [4.69, 9.17) is 0 Å². The van der Waals surface area contributed by atoms with E-state index in [0.717, 1.165) is 0 Å². The highest BCUT2D eigenvalue weighted by molar-refractivity contribution is 6.02. The van der Waals surface area contributed by atoms with Gasteiger partial charge in [-0.1, -0.05) is 0 Å². The zero-order valence-corrected chi connectivity index (χ0v) is 5.71. The van der Waals surface area contributed by atoms with Crippen LogP contribution in [0.2, 0.25) is 0 Å². The van der Waals surface area contributed by atoms with E-state index in [-0.39, 0.29) is 0 Å². The summed E-state index contributed by atoms with van der Waals surface area (Å²) < 4.78 is 36.4. The van der Waals surface area contributed by atoms with Crippen molar-refractivity contribution in [1.29, 1.82) is 0 Å². The summed E-state index contributed by atoms with van der Waals surface area (Å²) in [4.78, 5) is 20.2. The maximum Gasteiger partial charge on any atom is 0.573 e. The SMILES string of the molecule is O=C1C(CF)C=[N+](F)C(=O)N1F. The first-order chi connectivity index (χ1) is 5.57. The Labute approximate surface area is 64.7 Å². The number of imide groups is 1. The average Bonchev–Trinajstić information content (AvgIpc) is 2.08. The van der Waals surface area contributed by atoms with Crippen LogP contribution in [0.1, 0.15) is 0 Å². The molecule has 1 aliphatic heterocycles. The Hall–Kier alpha value is -1.40. The molecule has 66 valence electrons. The molecule has 0 aromatic heterocycles. The molecule has 0 bridgehead atoms. The third-order valence-electron chi connectivity index (χ3n) is 1.34. The smallest absolute Gasteiger partial charge is 0.250 e. The lowest BCUT2D eigenvalue weighted by atomic mass is 10.1. The summed E-state index contributed by atoms with van der Waals surface area (Å²) in [6.07, 6.45) is 0.390. The molecule has 0 radical (unpaired) electrons. The summed E-state index contributed by atoms with van der Waals surface area (Å²) in [5.41, 5.74) is 0. The molecule has 0 saturated carbocycles. The van der Waals surface area contributed by atoms with Gasteiger partial charge in [0.1, 0.15) is 12.9 Å². The first kappa shape index (κ1) is 8.69. The third-order valence-corrected chi connectivity index (χ3v) is 1.34. The molecule has 1 aliphatic rings. The van der Waals surface area contributed by atoms with E-state index in [1.54, 1.807) is 0 Å². The second kappa shape index (κ2) is 2.92. The Balaban J connectivity index is 2.98. The van der Waals surface area contributed by atoms with E-state index in [0.29, 0.717) is 6.21 Å². The van der Waals surface area contributed by atoms with Crippen LogP contribution in [0.4, 0.5) is 18.1 Å². The molecule has 7 heteroatoms. The standard InChI is InChI=1S/C5H4F3N2O2/c6-1-3-2-9(7)5(12)10(8)4(3)11/h2-3H,1H2/q+1. The highest BCUT2D eigenvalue weighted by atomic mass is 19.2. The van der Waals surface area contributed by atoms with Gasteiger partial charge in [0.05, 0.1) is 0 Å². The maximum atomic E-state index is 12.3. The monoisotopic (exact) mass is 181 g/mol. The number of carbonyl (C=O) groups excluding carboxylic acids is 2. The minimum Gasteiger partial charge on any atom is -0.250 e. The first-order valence-corrected chi connectivity index (χ1v) is 2.97. The van der Waals surface area contributed by atoms with Crippen molar-refractivity contribution >= 4 is 18.2 Å². The summed E-state index contributed by atoms with van der Waals surface area (Å²) in [6, 6.07) is -1.76. The molecule has 0 aromatic rings. The van der Waals surface area contributed by atoms with E-state index in [1.807, 2.05) is 0 Å². The van der Waals surface area contributed by atoms with E-state index in [9.17, 15) is 22.9 Å². The van der Waals surface area contributed by atoms with Gasteiger partial charge in [0.15, 0.2) is 5.92 Å². The summed E-state index contributed by atoms with van der Waals surface area (Å²) in [7, 11) is 0. The fourth-order valence-corrected chi connectivity index (χ4v) is 0.715. The van der Waals surface area contributed by atoms with Gasteiger partial charge in [0, 0.05) is 14.1 Å². The highest BCUT2D eigenvalue weighted by Gasteiger charge is 2.46. The maximum absolute atomic E-state index is 12.3. The number of alkyl halides is 1. The van der Waals surface area contributed by atoms with Crippen molar-refractivity contribution in [3.8, 4) is 0 Å². The van der Waals surface area contributed by atoms with Crippen LogP contribution in [0, 0.1) is 5.92 Å². The predicted molar refractivity (Wildman–Crippen MR) is 30.2 cm³/mol. The number of carbonyl (C=O) groups is 2. The number of urea groups is 1. The molecule has 0 aliphatic carbocycles. The van der Waals surface area contributed by atoms with Crippen LogP contribution < -0.4 is 0 Å². The number of hydrogen-bond acceptors (Lipinski definition) is 2. The molecule has 1 heterocycles. The van der Waals surface area contributed by atoms with Crippen LogP contribution in [-0.4, -0.2) is 34.7 Å². The summed E-state index contributed by atoms with van der Waals surface area (Å²) in [5, 5.41) is -0.954. The van der Waals surface area contributed by atoms with Gasteiger partial charge in [-0.3, -0.25) is 0 Å². The molecular weight excluding hydrogens is 177 g/mol. The molecule has 3 amide bonds. The van der Waals surface area contributed by atoms with E-state index in [2.05, 4.69) is 0 Å². The number of rotatable bonds is 1. The Morgan fingerprint density at radius 2 is 2.17 bits per heavy atom. The van der Waals surface area contributed by atoms with Crippen molar-refractivity contribution in [3.63, 3.8) is 0 Å². The van der Waals surface area contributed by atoms with Crippen molar-refractivity contribution in [2.24, 2.45) is 5.92 Å². The van der Waals surface area contributed by atoms with E-state index < -0.39 is 34.5 Å². The number of hydrogen-bond donors (Lipinski definition) is 0. The summed E-state index contributed by atoms with van der Waals surface area (Å²) in [5.74, 6) is -2.95. The molecule has 0 N–H and O–H groups in total. The van der Waals surface area contributed by atoms with Crippen molar-refractivity contribution in [1.82, 2.24) is 5.12 Å². The average molecular weight is 181 g/mol. The zero-order valence-electron chi connectivity index (χ0n) is 5.71. The van der Waals surface area contributed by atoms with Gasteiger partial charge in [-0.25, -0.2) is 9.18 Å². The van der Waals surface area contributed by atoms with Crippen LogP contribution in [0.15, 0.2) is 0 Å². The number of amides is 3. The van der Waals surface area contributed by atoms with Crippen LogP contribution in [0.25, 0.3) is 0 Å². The van der Waals surface area contributed by atoms with Gasteiger partial charge in [-0.05, 0) is 4.80 Å². The molecule has 1 atom stereocenters. The Kier molecular flexibility index (Phi) is 2.11. The second-order valence-corrected chi connectivity index (χ2v) is 2.12. The van der Waals surface area contributed by atoms with Gasteiger partial charge >= 0.3 is 11.9 Å². The number of nitrogens with zero attached hydrogens (tertiary/aromatic N) is 2. The van der Waals surface area contributed by atoms with Gasteiger partial charge < -0.3 is 0 Å². The molecule has 12 heavy (non-hydrogen) atoms. The van der Waals surface area contributed by atoms with Crippen LogP contribution in [0.3, 0.4) is 0 Å². The molecule has 0 fully saturated rings. The third kappa shape index (κ3) is 1.17. The molecular formula is C5H4F3N2O2+. The molecule has 0 aromatic carbocycles.